The van der Waals surface area contributed by atoms with Crippen LogP contribution in [0.2, 0.25) is 0 Å². The molecule has 5 aliphatic rings. The first kappa shape index (κ1) is 21.3. The van der Waals surface area contributed by atoms with Crippen molar-refractivity contribution >= 4 is 29.1 Å². The molecule has 7 nitrogen and oxygen atoms in total. The molecule has 4 N–H and O–H groups in total. The van der Waals surface area contributed by atoms with Crippen LogP contribution >= 0.6 is 0 Å². The first-order valence-corrected chi connectivity index (χ1v) is 12.1. The summed E-state index contributed by atoms with van der Waals surface area (Å²) >= 11 is 0. The van der Waals surface area contributed by atoms with Crippen molar-refractivity contribution in [1.82, 2.24) is 5.32 Å². The quantitative estimate of drug-likeness (QED) is 0.635. The zero-order valence-electron chi connectivity index (χ0n) is 18.6. The van der Waals surface area contributed by atoms with Gasteiger partial charge < -0.3 is 21.3 Å². The summed E-state index contributed by atoms with van der Waals surface area (Å²) in [4.78, 5) is 39.5. The van der Waals surface area contributed by atoms with Crippen LogP contribution in [0.4, 0.5) is 11.4 Å². The molecule has 0 aromatic heterocycles. The second-order valence-corrected chi connectivity index (χ2v) is 10.6. The van der Waals surface area contributed by atoms with E-state index in [0.29, 0.717) is 17.8 Å². The van der Waals surface area contributed by atoms with Gasteiger partial charge in [0.05, 0.1) is 17.9 Å². The van der Waals surface area contributed by atoms with Crippen LogP contribution in [0.15, 0.2) is 24.3 Å². The number of para-hydroxylation sites is 2. The number of benzene rings is 1. The lowest BCUT2D eigenvalue weighted by Crippen LogP contribution is -2.54. The highest BCUT2D eigenvalue weighted by Gasteiger charge is 2.54. The van der Waals surface area contributed by atoms with Gasteiger partial charge in [0.25, 0.3) is 0 Å². The summed E-state index contributed by atoms with van der Waals surface area (Å²) in [6, 6.07) is 7.70. The maximum atomic E-state index is 13.1. The van der Waals surface area contributed by atoms with E-state index in [-0.39, 0.29) is 35.6 Å². The molecule has 1 aromatic rings. The van der Waals surface area contributed by atoms with Crippen molar-refractivity contribution in [2.75, 3.05) is 29.9 Å². The first-order valence-electron chi connectivity index (χ1n) is 12.1. The molecule has 0 atom stereocenters. The zero-order chi connectivity index (χ0) is 22.3. The molecule has 4 bridgehead atoms. The number of amides is 3. The van der Waals surface area contributed by atoms with Gasteiger partial charge in [0.15, 0.2) is 0 Å². The second-order valence-electron chi connectivity index (χ2n) is 10.6. The monoisotopic (exact) mass is 438 g/mol. The number of primary amides is 1. The molecular formula is C25H34N4O3. The van der Waals surface area contributed by atoms with Crippen LogP contribution in [-0.4, -0.2) is 37.4 Å². The van der Waals surface area contributed by atoms with Crippen LogP contribution in [0.25, 0.3) is 0 Å². The normalized spacial score (nSPS) is 31.4. The molecule has 0 spiro atoms. The molecular weight excluding hydrogens is 404 g/mol. The molecule has 32 heavy (non-hydrogen) atoms. The number of carbonyl (C=O) groups is 3. The van der Waals surface area contributed by atoms with Gasteiger partial charge in [-0.3, -0.25) is 14.4 Å². The van der Waals surface area contributed by atoms with E-state index in [2.05, 4.69) is 15.5 Å². The van der Waals surface area contributed by atoms with Crippen LogP contribution in [0, 0.1) is 29.1 Å². The Morgan fingerprint density at radius 1 is 0.969 bits per heavy atom. The number of hydrogen-bond acceptors (Lipinski definition) is 4. The summed E-state index contributed by atoms with van der Waals surface area (Å²) in [6.45, 7) is 1.45. The fourth-order valence-electron chi connectivity index (χ4n) is 7.19. The van der Waals surface area contributed by atoms with E-state index in [1.807, 2.05) is 24.3 Å². The maximum absolute atomic E-state index is 13.1. The molecule has 1 aliphatic heterocycles. The Morgan fingerprint density at radius 3 is 2.16 bits per heavy atom. The van der Waals surface area contributed by atoms with E-state index in [9.17, 15) is 14.4 Å². The molecule has 4 saturated carbocycles. The van der Waals surface area contributed by atoms with Crippen molar-refractivity contribution in [1.29, 1.82) is 0 Å². The minimum atomic E-state index is -0.238. The molecule has 4 aliphatic carbocycles. The zero-order valence-corrected chi connectivity index (χ0v) is 18.6. The number of nitrogens with one attached hydrogen (secondary N) is 2. The predicted molar refractivity (Wildman–Crippen MR) is 123 cm³/mol. The minimum absolute atomic E-state index is 0.00132. The maximum Gasteiger partial charge on any atom is 0.243 e. The molecule has 3 amide bonds. The van der Waals surface area contributed by atoms with Gasteiger partial charge in [-0.25, -0.2) is 0 Å². The Labute approximate surface area is 189 Å². The lowest BCUT2D eigenvalue weighted by atomic mass is 9.49. The Hall–Kier alpha value is -2.57. The van der Waals surface area contributed by atoms with E-state index in [4.69, 9.17) is 5.73 Å². The molecule has 1 aromatic carbocycles. The first-order chi connectivity index (χ1) is 15.4. The van der Waals surface area contributed by atoms with E-state index < -0.39 is 0 Å². The number of rotatable bonds is 6. The number of hydrogen-bond donors (Lipinski definition) is 3. The van der Waals surface area contributed by atoms with E-state index >= 15 is 0 Å². The van der Waals surface area contributed by atoms with Gasteiger partial charge in [0, 0.05) is 24.4 Å². The van der Waals surface area contributed by atoms with Gasteiger partial charge in [0.1, 0.15) is 0 Å². The Bertz CT molecular complexity index is 871. The number of nitrogens with two attached hydrogens (primary N) is 1. The van der Waals surface area contributed by atoms with Gasteiger partial charge in [0.2, 0.25) is 17.7 Å². The SMILES string of the molecule is NC(=O)C1CCN(c2ccccc2NC(=O)CNC(=O)C23CC4CC(CC(C4)C2)C3)CC1. The molecule has 0 radical (unpaired) electrons. The van der Waals surface area contributed by atoms with Crippen LogP contribution in [0.1, 0.15) is 51.4 Å². The van der Waals surface area contributed by atoms with E-state index in [0.717, 1.165) is 56.6 Å². The van der Waals surface area contributed by atoms with Crippen molar-refractivity contribution < 1.29 is 14.4 Å². The number of anilines is 2. The molecule has 6 rings (SSSR count). The lowest BCUT2D eigenvalue weighted by molar-refractivity contribution is -0.146. The Kier molecular flexibility index (Phi) is 5.59. The van der Waals surface area contributed by atoms with E-state index in [1.165, 1.54) is 19.3 Å². The third-order valence-corrected chi connectivity index (χ3v) is 8.35. The summed E-state index contributed by atoms with van der Waals surface area (Å²) in [5.41, 5.74) is 6.89. The van der Waals surface area contributed by atoms with Gasteiger partial charge in [-0.2, -0.15) is 0 Å². The largest absolute Gasteiger partial charge is 0.370 e. The third-order valence-electron chi connectivity index (χ3n) is 8.35. The molecule has 1 saturated heterocycles. The van der Waals surface area contributed by atoms with Crippen LogP contribution in [0.5, 0.6) is 0 Å². The topological polar surface area (TPSA) is 105 Å². The smallest absolute Gasteiger partial charge is 0.243 e. The number of carbonyl (C=O) groups excluding carboxylic acids is 3. The van der Waals surface area contributed by atoms with Gasteiger partial charge in [-0.1, -0.05) is 12.1 Å². The summed E-state index contributed by atoms with van der Waals surface area (Å²) in [6.07, 6.45) is 8.31. The standard InChI is InChI=1S/C25H34N4O3/c26-23(31)19-5-7-29(8-6-19)21-4-2-1-3-20(21)28-22(30)15-27-24(32)25-12-16-9-17(13-25)11-18(10-16)14-25/h1-4,16-19H,5-15H2,(H2,26,31)(H,27,32)(H,28,30). The summed E-state index contributed by atoms with van der Waals surface area (Å²) in [7, 11) is 0. The average Bonchev–Trinajstić information content (AvgIpc) is 2.77. The second kappa shape index (κ2) is 8.41. The third kappa shape index (κ3) is 4.09. The summed E-state index contributed by atoms with van der Waals surface area (Å²) in [5, 5.41) is 5.95. The lowest BCUT2D eigenvalue weighted by Gasteiger charge is -2.55. The van der Waals surface area contributed by atoms with Crippen LogP contribution in [0.3, 0.4) is 0 Å². The molecule has 172 valence electrons. The number of piperidine rings is 1. The van der Waals surface area contributed by atoms with Crippen LogP contribution in [-0.2, 0) is 14.4 Å². The molecule has 1 heterocycles. The van der Waals surface area contributed by atoms with Gasteiger partial charge in [-0.05, 0) is 81.3 Å². The fourth-order valence-corrected chi connectivity index (χ4v) is 7.19. The van der Waals surface area contributed by atoms with Crippen molar-refractivity contribution in [3.05, 3.63) is 24.3 Å². The highest BCUT2D eigenvalue weighted by molar-refractivity contribution is 5.98. The number of nitrogens with zero attached hydrogens (tertiary/aromatic N) is 1. The average molecular weight is 439 g/mol. The van der Waals surface area contributed by atoms with Crippen molar-refractivity contribution in [2.24, 2.45) is 34.8 Å². The molecule has 0 unspecified atom stereocenters. The van der Waals surface area contributed by atoms with Crippen LogP contribution < -0.4 is 21.3 Å². The van der Waals surface area contributed by atoms with Gasteiger partial charge >= 0.3 is 0 Å². The molecule has 5 fully saturated rings. The highest BCUT2D eigenvalue weighted by Crippen LogP contribution is 2.60. The van der Waals surface area contributed by atoms with Crippen molar-refractivity contribution in [3.8, 4) is 0 Å². The summed E-state index contributed by atoms with van der Waals surface area (Å²) in [5.74, 6) is 1.66. The highest BCUT2D eigenvalue weighted by atomic mass is 16.2. The van der Waals surface area contributed by atoms with E-state index in [1.54, 1.807) is 0 Å². The predicted octanol–water partition coefficient (Wildman–Crippen LogP) is 2.66. The van der Waals surface area contributed by atoms with Gasteiger partial charge in [-0.15, -0.1) is 0 Å². The Morgan fingerprint density at radius 2 is 1.56 bits per heavy atom. The van der Waals surface area contributed by atoms with Crippen molar-refractivity contribution in [3.63, 3.8) is 0 Å². The van der Waals surface area contributed by atoms with Crippen molar-refractivity contribution in [2.45, 2.75) is 51.4 Å². The minimum Gasteiger partial charge on any atom is -0.370 e. The molecule has 7 heteroatoms. The summed E-state index contributed by atoms with van der Waals surface area (Å²) < 4.78 is 0. The fraction of sp³-hybridized carbons (Fsp3) is 0.640. The Balaban J connectivity index is 1.18.